The maximum Gasteiger partial charge on any atom is 0.269 e. The number of fused-ring (bicyclic) bond motifs is 4. The van der Waals surface area contributed by atoms with Gasteiger partial charge in [0, 0.05) is 41.5 Å². The topological polar surface area (TPSA) is 149 Å². The van der Waals surface area contributed by atoms with Crippen LogP contribution < -0.4 is 24.2 Å². The monoisotopic (exact) mass is 852 g/mol. The van der Waals surface area contributed by atoms with E-state index in [1.165, 1.54) is 0 Å². The average molecular weight is 853 g/mol. The Hall–Kier alpha value is -6.32. The highest BCUT2D eigenvalue weighted by molar-refractivity contribution is 6.71. The van der Waals surface area contributed by atoms with Gasteiger partial charge in [0.15, 0.2) is 27.1 Å². The SMILES string of the molecule is C[C@@H]1[C@@H]([Si](C)(C)O)[C@H](CC(=O)N(CCO)Cc2ccccc2)O[C@@]12C(=O)N(Cc1ccc(N3C(=O)COc4ccccc43)cc1)c1ccc(N3C(=O)COc4ccccc43)cc12. The van der Waals surface area contributed by atoms with E-state index < -0.39 is 31.5 Å². The Bertz CT molecular complexity index is 2550. The summed E-state index contributed by atoms with van der Waals surface area (Å²) in [5, 5.41) is 9.99. The first-order valence-electron chi connectivity index (χ1n) is 20.9. The van der Waals surface area contributed by atoms with Crippen LogP contribution >= 0.6 is 0 Å². The van der Waals surface area contributed by atoms with Crippen molar-refractivity contribution in [2.75, 3.05) is 41.1 Å². The summed E-state index contributed by atoms with van der Waals surface area (Å²) in [5.74, 6) is -0.544. The summed E-state index contributed by atoms with van der Waals surface area (Å²) in [6.45, 7) is 5.55. The molecule has 62 heavy (non-hydrogen) atoms. The van der Waals surface area contributed by atoms with E-state index in [1.54, 1.807) is 44.8 Å². The van der Waals surface area contributed by atoms with E-state index in [0.717, 1.165) is 11.1 Å². The number of ether oxygens (including phenoxy) is 3. The first kappa shape index (κ1) is 41.1. The van der Waals surface area contributed by atoms with Gasteiger partial charge in [0.05, 0.1) is 42.7 Å². The zero-order chi connectivity index (χ0) is 43.3. The number of aliphatic hydroxyl groups excluding tert-OH is 1. The van der Waals surface area contributed by atoms with Crippen LogP contribution in [-0.2, 0) is 42.6 Å². The van der Waals surface area contributed by atoms with Gasteiger partial charge >= 0.3 is 0 Å². The molecule has 318 valence electrons. The molecule has 1 fully saturated rings. The third-order valence-electron chi connectivity index (χ3n) is 12.5. The van der Waals surface area contributed by atoms with Gasteiger partial charge in [-0.15, -0.1) is 0 Å². The molecule has 0 bridgehead atoms. The molecule has 0 unspecified atom stereocenters. The average Bonchev–Trinajstić information content (AvgIpc) is 3.69. The van der Waals surface area contributed by atoms with E-state index in [1.807, 2.05) is 116 Å². The van der Waals surface area contributed by atoms with Crippen LogP contribution in [0, 0.1) is 5.92 Å². The molecule has 4 aliphatic heterocycles. The Morgan fingerprint density at radius 3 is 1.95 bits per heavy atom. The molecule has 1 spiro atoms. The van der Waals surface area contributed by atoms with Gasteiger partial charge in [-0.1, -0.05) is 73.7 Å². The van der Waals surface area contributed by atoms with Crippen LogP contribution in [0.2, 0.25) is 18.6 Å². The lowest BCUT2D eigenvalue weighted by atomic mass is 9.82. The van der Waals surface area contributed by atoms with Crippen LogP contribution in [0.15, 0.2) is 121 Å². The van der Waals surface area contributed by atoms with Gasteiger partial charge < -0.3 is 33.9 Å². The van der Waals surface area contributed by atoms with Gasteiger partial charge in [-0.25, -0.2) is 0 Å². The first-order valence-corrected chi connectivity index (χ1v) is 23.9. The number of hydrogen-bond donors (Lipinski definition) is 2. The maximum absolute atomic E-state index is 15.5. The molecule has 4 amide bonds. The summed E-state index contributed by atoms with van der Waals surface area (Å²) < 4.78 is 18.5. The van der Waals surface area contributed by atoms with Gasteiger partial charge in [0.1, 0.15) is 11.5 Å². The summed E-state index contributed by atoms with van der Waals surface area (Å²) in [6.07, 6.45) is -0.969. The highest BCUT2D eigenvalue weighted by Gasteiger charge is 2.66. The second-order valence-electron chi connectivity index (χ2n) is 16.8. The van der Waals surface area contributed by atoms with Crippen LogP contribution in [-0.4, -0.2) is 79.2 Å². The summed E-state index contributed by atoms with van der Waals surface area (Å²) in [7, 11) is -3.18. The predicted molar refractivity (Wildman–Crippen MR) is 235 cm³/mol. The molecule has 4 atom stereocenters. The second-order valence-corrected chi connectivity index (χ2v) is 20.8. The van der Waals surface area contributed by atoms with Crippen molar-refractivity contribution < 1.29 is 43.3 Å². The van der Waals surface area contributed by atoms with Crippen molar-refractivity contribution >= 4 is 60.4 Å². The number of carbonyl (C=O) groups excluding carboxylic acids is 4. The van der Waals surface area contributed by atoms with Gasteiger partial charge in [-0.3, -0.25) is 29.0 Å². The molecule has 4 heterocycles. The maximum atomic E-state index is 15.5. The molecule has 1 saturated heterocycles. The van der Waals surface area contributed by atoms with Crippen LogP contribution in [0.5, 0.6) is 11.5 Å². The van der Waals surface area contributed by atoms with Crippen molar-refractivity contribution in [1.29, 1.82) is 0 Å². The molecule has 0 radical (unpaired) electrons. The smallest absolute Gasteiger partial charge is 0.269 e. The number of anilines is 5. The number of para-hydroxylation sites is 4. The van der Waals surface area contributed by atoms with E-state index in [9.17, 15) is 24.3 Å². The highest BCUT2D eigenvalue weighted by Crippen LogP contribution is 2.60. The van der Waals surface area contributed by atoms with Gasteiger partial charge in [0.25, 0.3) is 17.7 Å². The van der Waals surface area contributed by atoms with Crippen molar-refractivity contribution in [3.8, 4) is 11.5 Å². The Morgan fingerprint density at radius 1 is 0.758 bits per heavy atom. The molecular weight excluding hydrogens is 805 g/mol. The second kappa shape index (κ2) is 16.2. The number of carbonyl (C=O) groups is 4. The molecule has 5 aromatic rings. The van der Waals surface area contributed by atoms with Crippen LogP contribution in [0.1, 0.15) is 30.0 Å². The standard InChI is InChI=1S/C48H48N4O9Si/c1-31-46(62(2,3)58)42(26-43(54)49(23-24-53)27-32-11-5-4-6-12-32)61-48(31)36-25-35(52-39-14-8-10-16-41(39)60-30-45(52)56)21-22-37(36)50(47(48)57)28-33-17-19-34(20-18-33)51-38-13-7-9-15-40(38)59-29-44(51)55/h4-22,25,31,42,46,53,58H,23-24,26-30H2,1-3H3/t31-,42+,46-,48+/m1/s1. The summed E-state index contributed by atoms with van der Waals surface area (Å²) in [5.41, 5.74) is 2.98. The number of rotatable bonds is 11. The van der Waals surface area contributed by atoms with E-state index >= 15 is 4.79 Å². The Labute approximate surface area is 360 Å². The Morgan fingerprint density at radius 2 is 1.34 bits per heavy atom. The summed E-state index contributed by atoms with van der Waals surface area (Å²) in [4.78, 5) is 74.9. The molecule has 13 nitrogen and oxygen atoms in total. The van der Waals surface area contributed by atoms with Crippen molar-refractivity contribution in [1.82, 2.24) is 4.90 Å². The lowest BCUT2D eigenvalue weighted by Crippen LogP contribution is -2.46. The number of amides is 4. The largest absolute Gasteiger partial charge is 0.482 e. The molecular formula is C48H48N4O9Si. The lowest BCUT2D eigenvalue weighted by Gasteiger charge is -2.33. The van der Waals surface area contributed by atoms with Crippen LogP contribution in [0.3, 0.4) is 0 Å². The fourth-order valence-electron chi connectivity index (χ4n) is 9.78. The molecule has 4 aliphatic rings. The molecule has 0 aromatic heterocycles. The summed E-state index contributed by atoms with van der Waals surface area (Å²) in [6, 6.07) is 37.1. The van der Waals surface area contributed by atoms with Crippen LogP contribution in [0.25, 0.3) is 0 Å². The molecule has 5 aromatic carbocycles. The summed E-state index contributed by atoms with van der Waals surface area (Å²) >= 11 is 0. The van der Waals surface area contributed by atoms with Crippen molar-refractivity contribution in [3.05, 3.63) is 138 Å². The number of benzene rings is 5. The van der Waals surface area contributed by atoms with E-state index in [2.05, 4.69) is 0 Å². The Kier molecular flexibility index (Phi) is 10.7. The quantitative estimate of drug-likeness (QED) is 0.141. The molecule has 0 aliphatic carbocycles. The first-order chi connectivity index (χ1) is 29.9. The molecule has 14 heteroatoms. The van der Waals surface area contributed by atoms with Crippen LogP contribution in [0.4, 0.5) is 28.4 Å². The number of aliphatic hydroxyl groups is 1. The fraction of sp³-hybridized carbons (Fsp3) is 0.292. The number of hydrogen-bond acceptors (Lipinski definition) is 9. The minimum Gasteiger partial charge on any atom is -0.482 e. The zero-order valence-electron chi connectivity index (χ0n) is 34.8. The van der Waals surface area contributed by atoms with Crippen molar-refractivity contribution in [2.45, 2.75) is 56.8 Å². The van der Waals surface area contributed by atoms with E-state index in [4.69, 9.17) is 14.2 Å². The van der Waals surface area contributed by atoms with E-state index in [0.29, 0.717) is 45.5 Å². The van der Waals surface area contributed by atoms with Crippen molar-refractivity contribution in [2.24, 2.45) is 5.92 Å². The molecule has 2 N–H and O–H groups in total. The van der Waals surface area contributed by atoms with Gasteiger partial charge in [-0.2, -0.15) is 0 Å². The molecule has 0 saturated carbocycles. The lowest BCUT2D eigenvalue weighted by molar-refractivity contribution is -0.150. The van der Waals surface area contributed by atoms with Gasteiger partial charge in [0.2, 0.25) is 5.91 Å². The molecule has 9 rings (SSSR count). The minimum atomic E-state index is -3.18. The highest BCUT2D eigenvalue weighted by atomic mass is 28.4. The van der Waals surface area contributed by atoms with E-state index in [-0.39, 0.29) is 69.5 Å². The predicted octanol–water partition coefficient (Wildman–Crippen LogP) is 6.56. The third-order valence-corrected chi connectivity index (χ3v) is 15.0. The number of nitrogens with zero attached hydrogens (tertiary/aromatic N) is 4. The zero-order valence-corrected chi connectivity index (χ0v) is 35.8. The Balaban J connectivity index is 1.10. The van der Waals surface area contributed by atoms with Gasteiger partial charge in [-0.05, 0) is 78.8 Å². The normalized spacial score (nSPS) is 21.7. The minimum absolute atomic E-state index is 0.0880. The fourth-order valence-corrected chi connectivity index (χ4v) is 12.3. The third kappa shape index (κ3) is 7.12. The van der Waals surface area contributed by atoms with Crippen molar-refractivity contribution in [3.63, 3.8) is 0 Å².